The highest BCUT2D eigenvalue weighted by atomic mass is 16.3. The monoisotopic (exact) mass is 212 g/mol. The van der Waals surface area contributed by atoms with Crippen molar-refractivity contribution < 1.29 is 9.90 Å². The standard InChI is InChI=1S/C11H20N2O2/c1-8-5-13(6-9(8)7-14)11(15)10-3-2-4-12-10/h8-10,12,14H,2-7H2,1H3. The molecule has 2 aliphatic heterocycles. The van der Waals surface area contributed by atoms with Crippen molar-refractivity contribution in [1.29, 1.82) is 0 Å². The van der Waals surface area contributed by atoms with Crippen LogP contribution in [0.1, 0.15) is 19.8 Å². The molecule has 0 saturated carbocycles. The fourth-order valence-electron chi connectivity index (χ4n) is 2.57. The quantitative estimate of drug-likeness (QED) is 0.668. The molecule has 0 aromatic carbocycles. The Balaban J connectivity index is 1.91. The maximum absolute atomic E-state index is 12.0. The van der Waals surface area contributed by atoms with Crippen LogP contribution in [0.2, 0.25) is 0 Å². The van der Waals surface area contributed by atoms with Gasteiger partial charge in [0.1, 0.15) is 0 Å². The van der Waals surface area contributed by atoms with Crippen LogP contribution >= 0.6 is 0 Å². The Hall–Kier alpha value is -0.610. The minimum absolute atomic E-state index is 0.0367. The van der Waals surface area contributed by atoms with Crippen molar-refractivity contribution in [2.24, 2.45) is 11.8 Å². The Morgan fingerprint density at radius 1 is 1.53 bits per heavy atom. The van der Waals surface area contributed by atoms with Gasteiger partial charge in [-0.15, -0.1) is 0 Å². The van der Waals surface area contributed by atoms with E-state index < -0.39 is 0 Å². The fourth-order valence-corrected chi connectivity index (χ4v) is 2.57. The molecule has 0 aromatic rings. The first-order chi connectivity index (χ1) is 7.22. The second-order valence-electron chi connectivity index (χ2n) is 4.81. The van der Waals surface area contributed by atoms with Gasteiger partial charge in [0.05, 0.1) is 6.04 Å². The average Bonchev–Trinajstić information content (AvgIpc) is 2.85. The van der Waals surface area contributed by atoms with Crippen molar-refractivity contribution in [2.45, 2.75) is 25.8 Å². The SMILES string of the molecule is CC1CN(C(=O)C2CCCN2)CC1CO. The van der Waals surface area contributed by atoms with Crippen molar-refractivity contribution in [2.75, 3.05) is 26.2 Å². The summed E-state index contributed by atoms with van der Waals surface area (Å²) in [4.78, 5) is 13.9. The van der Waals surface area contributed by atoms with E-state index >= 15 is 0 Å². The van der Waals surface area contributed by atoms with Crippen LogP contribution in [-0.2, 0) is 4.79 Å². The van der Waals surface area contributed by atoms with E-state index in [1.165, 1.54) is 0 Å². The molecule has 2 N–H and O–H groups in total. The van der Waals surface area contributed by atoms with Gasteiger partial charge in [0.25, 0.3) is 0 Å². The first kappa shape index (κ1) is 10.9. The summed E-state index contributed by atoms with van der Waals surface area (Å²) < 4.78 is 0. The molecule has 0 spiro atoms. The lowest BCUT2D eigenvalue weighted by molar-refractivity contribution is -0.132. The Bertz CT molecular complexity index is 239. The summed E-state index contributed by atoms with van der Waals surface area (Å²) in [5.41, 5.74) is 0. The summed E-state index contributed by atoms with van der Waals surface area (Å²) in [6, 6.07) is 0.0367. The first-order valence-corrected chi connectivity index (χ1v) is 5.85. The molecule has 0 bridgehead atoms. The van der Waals surface area contributed by atoms with Crippen molar-refractivity contribution in [3.8, 4) is 0 Å². The average molecular weight is 212 g/mol. The topological polar surface area (TPSA) is 52.6 Å². The summed E-state index contributed by atoms with van der Waals surface area (Å²) in [7, 11) is 0. The highest BCUT2D eigenvalue weighted by Crippen LogP contribution is 2.23. The number of likely N-dealkylation sites (tertiary alicyclic amines) is 1. The molecule has 2 rings (SSSR count). The Morgan fingerprint density at radius 2 is 2.33 bits per heavy atom. The largest absolute Gasteiger partial charge is 0.396 e. The van der Waals surface area contributed by atoms with Gasteiger partial charge in [-0.2, -0.15) is 0 Å². The molecule has 2 fully saturated rings. The number of carbonyl (C=O) groups is 1. The molecule has 2 aliphatic rings. The van der Waals surface area contributed by atoms with Crippen molar-refractivity contribution in [1.82, 2.24) is 10.2 Å². The van der Waals surface area contributed by atoms with Gasteiger partial charge < -0.3 is 15.3 Å². The molecule has 2 heterocycles. The number of aliphatic hydroxyl groups is 1. The van der Waals surface area contributed by atoms with Gasteiger partial charge in [-0.1, -0.05) is 6.92 Å². The third-order valence-corrected chi connectivity index (χ3v) is 3.67. The van der Waals surface area contributed by atoms with Gasteiger partial charge in [0.2, 0.25) is 5.91 Å². The molecular formula is C11H20N2O2. The zero-order chi connectivity index (χ0) is 10.8. The van der Waals surface area contributed by atoms with Crippen molar-refractivity contribution >= 4 is 5.91 Å². The Morgan fingerprint density at radius 3 is 2.87 bits per heavy atom. The fraction of sp³-hybridized carbons (Fsp3) is 0.909. The molecule has 4 nitrogen and oxygen atoms in total. The lowest BCUT2D eigenvalue weighted by Gasteiger charge is -2.20. The number of carbonyl (C=O) groups excluding carboxylic acids is 1. The summed E-state index contributed by atoms with van der Waals surface area (Å²) in [6.45, 7) is 4.80. The Kier molecular flexibility index (Phi) is 3.26. The van der Waals surface area contributed by atoms with E-state index in [2.05, 4.69) is 12.2 Å². The third-order valence-electron chi connectivity index (χ3n) is 3.67. The molecule has 1 amide bonds. The summed E-state index contributed by atoms with van der Waals surface area (Å²) in [5, 5.41) is 12.4. The first-order valence-electron chi connectivity index (χ1n) is 5.85. The summed E-state index contributed by atoms with van der Waals surface area (Å²) in [5.74, 6) is 0.936. The van der Waals surface area contributed by atoms with E-state index in [0.29, 0.717) is 5.92 Å². The van der Waals surface area contributed by atoms with Gasteiger partial charge in [0, 0.05) is 25.6 Å². The number of hydrogen-bond donors (Lipinski definition) is 2. The van der Waals surface area contributed by atoms with Crippen LogP contribution in [0, 0.1) is 11.8 Å². The normalized spacial score (nSPS) is 36.1. The molecular weight excluding hydrogens is 192 g/mol. The van der Waals surface area contributed by atoms with Crippen LogP contribution in [0.4, 0.5) is 0 Å². The van der Waals surface area contributed by atoms with E-state index in [-0.39, 0.29) is 24.5 Å². The number of aliphatic hydroxyl groups excluding tert-OH is 1. The molecule has 3 atom stereocenters. The Labute approximate surface area is 90.6 Å². The zero-order valence-corrected chi connectivity index (χ0v) is 9.28. The van der Waals surface area contributed by atoms with E-state index in [1.54, 1.807) is 0 Å². The number of nitrogens with one attached hydrogen (secondary N) is 1. The second kappa shape index (κ2) is 4.49. The smallest absolute Gasteiger partial charge is 0.239 e. The van der Waals surface area contributed by atoms with Gasteiger partial charge >= 0.3 is 0 Å². The molecule has 0 aliphatic carbocycles. The van der Waals surface area contributed by atoms with E-state index in [1.807, 2.05) is 4.90 Å². The van der Waals surface area contributed by atoms with Gasteiger partial charge in [-0.3, -0.25) is 4.79 Å². The minimum atomic E-state index is 0.0367. The molecule has 3 unspecified atom stereocenters. The molecule has 15 heavy (non-hydrogen) atoms. The predicted molar refractivity (Wildman–Crippen MR) is 57.3 cm³/mol. The second-order valence-corrected chi connectivity index (χ2v) is 4.81. The van der Waals surface area contributed by atoms with Crippen LogP contribution in [0.3, 0.4) is 0 Å². The molecule has 0 aromatic heterocycles. The zero-order valence-electron chi connectivity index (χ0n) is 9.28. The van der Waals surface area contributed by atoms with Gasteiger partial charge in [-0.05, 0) is 25.3 Å². The lowest BCUT2D eigenvalue weighted by Crippen LogP contribution is -2.42. The van der Waals surface area contributed by atoms with Crippen LogP contribution < -0.4 is 5.32 Å². The van der Waals surface area contributed by atoms with Crippen LogP contribution in [0.15, 0.2) is 0 Å². The number of nitrogens with zero attached hydrogens (tertiary/aromatic N) is 1. The maximum Gasteiger partial charge on any atom is 0.239 e. The molecule has 0 radical (unpaired) electrons. The summed E-state index contributed by atoms with van der Waals surface area (Å²) >= 11 is 0. The highest BCUT2D eigenvalue weighted by molar-refractivity contribution is 5.82. The van der Waals surface area contributed by atoms with Crippen molar-refractivity contribution in [3.63, 3.8) is 0 Å². The minimum Gasteiger partial charge on any atom is -0.396 e. The molecule has 4 heteroatoms. The van der Waals surface area contributed by atoms with E-state index in [9.17, 15) is 4.79 Å². The third kappa shape index (κ3) is 2.16. The lowest BCUT2D eigenvalue weighted by atomic mass is 10.00. The van der Waals surface area contributed by atoms with Crippen LogP contribution in [0.5, 0.6) is 0 Å². The van der Waals surface area contributed by atoms with Crippen LogP contribution in [0.25, 0.3) is 0 Å². The highest BCUT2D eigenvalue weighted by Gasteiger charge is 2.35. The number of rotatable bonds is 2. The van der Waals surface area contributed by atoms with E-state index in [0.717, 1.165) is 32.5 Å². The molecule has 2 saturated heterocycles. The predicted octanol–water partition coefficient (Wildman–Crippen LogP) is -0.175. The van der Waals surface area contributed by atoms with Crippen LogP contribution in [-0.4, -0.2) is 48.2 Å². The summed E-state index contributed by atoms with van der Waals surface area (Å²) in [6.07, 6.45) is 2.07. The maximum atomic E-state index is 12.0. The van der Waals surface area contributed by atoms with Gasteiger partial charge in [-0.25, -0.2) is 0 Å². The van der Waals surface area contributed by atoms with E-state index in [4.69, 9.17) is 5.11 Å². The number of hydrogen-bond acceptors (Lipinski definition) is 3. The number of amides is 1. The van der Waals surface area contributed by atoms with Gasteiger partial charge in [0.15, 0.2) is 0 Å². The van der Waals surface area contributed by atoms with Crippen molar-refractivity contribution in [3.05, 3.63) is 0 Å². The molecule has 86 valence electrons.